The zero-order valence-corrected chi connectivity index (χ0v) is 9.73. The van der Waals surface area contributed by atoms with Crippen LogP contribution in [0.1, 0.15) is 17.9 Å². The molecule has 0 saturated carbocycles. The van der Waals surface area contributed by atoms with E-state index in [1.807, 2.05) is 6.92 Å². The standard InChI is InChI=1S/C11H15N5O/c1-7-13-11-14-9(4-8-2-3-12-6-8)5-10(17)16(11)15-7/h5,8,12H,2-4,6H2,1H3,(H,13,14,15). The van der Waals surface area contributed by atoms with E-state index in [-0.39, 0.29) is 5.56 Å². The second-order valence-corrected chi connectivity index (χ2v) is 4.59. The first kappa shape index (κ1) is 10.5. The maximum Gasteiger partial charge on any atom is 0.274 e. The fourth-order valence-corrected chi connectivity index (χ4v) is 2.32. The number of hydrogen-bond acceptors (Lipinski definition) is 4. The van der Waals surface area contributed by atoms with E-state index in [1.165, 1.54) is 4.52 Å². The third-order valence-electron chi connectivity index (χ3n) is 3.16. The number of aromatic amines is 1. The summed E-state index contributed by atoms with van der Waals surface area (Å²) in [5.41, 5.74) is 0.756. The molecular formula is C11H15N5O. The predicted octanol–water partition coefficient (Wildman–Crippen LogP) is -0.122. The Hall–Kier alpha value is -1.69. The number of rotatable bonds is 2. The minimum atomic E-state index is -0.0865. The molecule has 2 N–H and O–H groups in total. The van der Waals surface area contributed by atoms with E-state index < -0.39 is 0 Å². The van der Waals surface area contributed by atoms with Crippen molar-refractivity contribution in [2.45, 2.75) is 19.8 Å². The van der Waals surface area contributed by atoms with Gasteiger partial charge in [-0.3, -0.25) is 9.89 Å². The summed E-state index contributed by atoms with van der Waals surface area (Å²) in [6.07, 6.45) is 2.01. The highest BCUT2D eigenvalue weighted by atomic mass is 16.1. The smallest absolute Gasteiger partial charge is 0.274 e. The summed E-state index contributed by atoms with van der Waals surface area (Å²) in [6.45, 7) is 3.89. The Kier molecular flexibility index (Phi) is 2.44. The molecule has 0 aromatic carbocycles. The van der Waals surface area contributed by atoms with Gasteiger partial charge >= 0.3 is 0 Å². The van der Waals surface area contributed by atoms with E-state index in [4.69, 9.17) is 0 Å². The van der Waals surface area contributed by atoms with Crippen molar-refractivity contribution in [2.75, 3.05) is 13.1 Å². The second-order valence-electron chi connectivity index (χ2n) is 4.59. The minimum Gasteiger partial charge on any atom is -0.316 e. The summed E-state index contributed by atoms with van der Waals surface area (Å²) >= 11 is 0. The van der Waals surface area contributed by atoms with Crippen LogP contribution < -0.4 is 10.9 Å². The van der Waals surface area contributed by atoms with Crippen LogP contribution in [0, 0.1) is 12.8 Å². The Morgan fingerprint density at radius 2 is 2.41 bits per heavy atom. The van der Waals surface area contributed by atoms with Gasteiger partial charge in [-0.1, -0.05) is 0 Å². The van der Waals surface area contributed by atoms with Gasteiger partial charge in [-0.25, -0.2) is 4.98 Å². The lowest BCUT2D eigenvalue weighted by atomic mass is 10.0. The third-order valence-corrected chi connectivity index (χ3v) is 3.16. The molecule has 1 atom stereocenters. The molecule has 6 nitrogen and oxygen atoms in total. The summed E-state index contributed by atoms with van der Waals surface area (Å²) in [4.78, 5) is 20.4. The monoisotopic (exact) mass is 233 g/mol. The van der Waals surface area contributed by atoms with Gasteiger partial charge in [0.25, 0.3) is 11.3 Å². The largest absolute Gasteiger partial charge is 0.316 e. The van der Waals surface area contributed by atoms with Crippen molar-refractivity contribution in [3.63, 3.8) is 0 Å². The lowest BCUT2D eigenvalue weighted by molar-refractivity contribution is 0.570. The molecule has 1 saturated heterocycles. The fraction of sp³-hybridized carbons (Fsp3) is 0.545. The topological polar surface area (TPSA) is 75.1 Å². The van der Waals surface area contributed by atoms with Crippen molar-refractivity contribution in [2.24, 2.45) is 5.92 Å². The maximum absolute atomic E-state index is 11.8. The molecule has 0 radical (unpaired) electrons. The minimum absolute atomic E-state index is 0.0865. The summed E-state index contributed by atoms with van der Waals surface area (Å²) < 4.78 is 1.38. The van der Waals surface area contributed by atoms with E-state index in [9.17, 15) is 4.79 Å². The first-order valence-corrected chi connectivity index (χ1v) is 5.88. The SMILES string of the molecule is Cc1nc2nc(CC3CCNC3)cc(=O)n2[nH]1. The van der Waals surface area contributed by atoms with E-state index in [0.29, 0.717) is 17.5 Å². The molecule has 1 aliphatic rings. The summed E-state index contributed by atoms with van der Waals surface area (Å²) in [5.74, 6) is 1.76. The van der Waals surface area contributed by atoms with Crippen LogP contribution in [0.3, 0.4) is 0 Å². The van der Waals surface area contributed by atoms with Crippen molar-refractivity contribution in [1.82, 2.24) is 24.9 Å². The molecule has 3 rings (SSSR count). The first-order valence-electron chi connectivity index (χ1n) is 5.88. The molecule has 2 aromatic heterocycles. The summed E-state index contributed by atoms with van der Waals surface area (Å²) in [5, 5.41) is 6.18. The second kappa shape index (κ2) is 3.96. The zero-order chi connectivity index (χ0) is 11.8. The van der Waals surface area contributed by atoms with Gasteiger partial charge in [0.2, 0.25) is 0 Å². The normalized spacial score (nSPS) is 20.2. The molecule has 0 spiro atoms. The van der Waals surface area contributed by atoms with Crippen LogP contribution in [0.15, 0.2) is 10.9 Å². The molecule has 17 heavy (non-hydrogen) atoms. The van der Waals surface area contributed by atoms with Crippen molar-refractivity contribution >= 4 is 5.78 Å². The molecule has 2 aromatic rings. The lowest BCUT2D eigenvalue weighted by Gasteiger charge is -2.06. The van der Waals surface area contributed by atoms with Crippen molar-refractivity contribution < 1.29 is 0 Å². The van der Waals surface area contributed by atoms with Crippen molar-refractivity contribution in [3.8, 4) is 0 Å². The molecular weight excluding hydrogens is 218 g/mol. The van der Waals surface area contributed by atoms with Crippen LogP contribution in [-0.2, 0) is 6.42 Å². The van der Waals surface area contributed by atoms with E-state index in [0.717, 1.165) is 31.6 Å². The van der Waals surface area contributed by atoms with Gasteiger partial charge in [0.15, 0.2) is 0 Å². The Bertz CT molecular complexity index is 593. The van der Waals surface area contributed by atoms with Gasteiger partial charge in [0.1, 0.15) is 5.82 Å². The highest BCUT2D eigenvalue weighted by Crippen LogP contribution is 2.13. The number of H-pyrrole nitrogens is 1. The number of hydrogen-bond donors (Lipinski definition) is 2. The van der Waals surface area contributed by atoms with Gasteiger partial charge in [0, 0.05) is 6.07 Å². The van der Waals surface area contributed by atoms with Gasteiger partial charge in [-0.2, -0.15) is 9.50 Å². The van der Waals surface area contributed by atoms with Gasteiger partial charge < -0.3 is 5.32 Å². The molecule has 1 unspecified atom stereocenters. The van der Waals surface area contributed by atoms with Crippen LogP contribution in [0.2, 0.25) is 0 Å². The van der Waals surface area contributed by atoms with Crippen LogP contribution >= 0.6 is 0 Å². The molecule has 0 amide bonds. The lowest BCUT2D eigenvalue weighted by Crippen LogP contribution is -2.18. The molecule has 6 heteroatoms. The maximum atomic E-state index is 11.8. The first-order chi connectivity index (χ1) is 8.22. The van der Waals surface area contributed by atoms with Crippen LogP contribution in [-0.4, -0.2) is 32.7 Å². The van der Waals surface area contributed by atoms with Gasteiger partial charge in [0.05, 0.1) is 5.69 Å². The Morgan fingerprint density at radius 3 is 3.18 bits per heavy atom. The Labute approximate surface area is 98.1 Å². The Balaban J connectivity index is 1.96. The summed E-state index contributed by atoms with van der Waals surface area (Å²) in [7, 11) is 0. The third kappa shape index (κ3) is 1.95. The molecule has 0 bridgehead atoms. The number of nitrogens with one attached hydrogen (secondary N) is 2. The molecule has 1 aliphatic heterocycles. The van der Waals surface area contributed by atoms with Crippen LogP contribution in [0.4, 0.5) is 0 Å². The quantitative estimate of drug-likeness (QED) is 0.758. The highest BCUT2D eigenvalue weighted by Gasteiger charge is 2.16. The van der Waals surface area contributed by atoms with Crippen LogP contribution in [0.25, 0.3) is 5.78 Å². The number of nitrogens with zero attached hydrogens (tertiary/aromatic N) is 3. The zero-order valence-electron chi connectivity index (χ0n) is 9.73. The van der Waals surface area contributed by atoms with Gasteiger partial charge in [-0.15, -0.1) is 0 Å². The average Bonchev–Trinajstić information content (AvgIpc) is 2.87. The van der Waals surface area contributed by atoms with E-state index in [1.54, 1.807) is 6.07 Å². The summed E-state index contributed by atoms with van der Waals surface area (Å²) in [6, 6.07) is 1.60. The van der Waals surface area contributed by atoms with Crippen LogP contribution in [0.5, 0.6) is 0 Å². The number of aromatic nitrogens is 4. The Morgan fingerprint density at radius 1 is 1.53 bits per heavy atom. The molecule has 90 valence electrons. The fourth-order valence-electron chi connectivity index (χ4n) is 2.32. The predicted molar refractivity (Wildman–Crippen MR) is 63.0 cm³/mol. The van der Waals surface area contributed by atoms with Crippen molar-refractivity contribution in [3.05, 3.63) is 27.9 Å². The molecule has 0 aliphatic carbocycles. The average molecular weight is 233 g/mol. The molecule has 1 fully saturated rings. The number of aryl methyl sites for hydroxylation is 1. The number of fused-ring (bicyclic) bond motifs is 1. The van der Waals surface area contributed by atoms with Crippen molar-refractivity contribution in [1.29, 1.82) is 0 Å². The van der Waals surface area contributed by atoms with Gasteiger partial charge in [-0.05, 0) is 38.8 Å². The van der Waals surface area contributed by atoms with E-state index in [2.05, 4.69) is 20.4 Å². The van der Waals surface area contributed by atoms with E-state index >= 15 is 0 Å². The molecule has 3 heterocycles. The highest BCUT2D eigenvalue weighted by molar-refractivity contribution is 5.27.